The minimum absolute atomic E-state index is 0.00458. The van der Waals surface area contributed by atoms with Crippen LogP contribution in [0.2, 0.25) is 0 Å². The Bertz CT molecular complexity index is 599. The van der Waals surface area contributed by atoms with Gasteiger partial charge in [0.2, 0.25) is 0 Å². The van der Waals surface area contributed by atoms with Crippen molar-refractivity contribution in [3.8, 4) is 0 Å². The van der Waals surface area contributed by atoms with E-state index in [2.05, 4.69) is 5.10 Å². The lowest BCUT2D eigenvalue weighted by Crippen LogP contribution is -2.31. The Balaban J connectivity index is 2.35. The Hall–Kier alpha value is -1.97. The largest absolute Gasteiger partial charge is 0.291 e. The van der Waals surface area contributed by atoms with Gasteiger partial charge in [-0.05, 0) is 44.0 Å². The Morgan fingerprint density at radius 3 is 2.50 bits per heavy atom. The summed E-state index contributed by atoms with van der Waals surface area (Å²) < 4.78 is 14.7. The molecule has 106 valence electrons. The van der Waals surface area contributed by atoms with Gasteiger partial charge >= 0.3 is 0 Å². The number of Topliss-reactive ketones (excluding diaryl/α,β-unsaturated/α-hetero) is 1. The fourth-order valence-electron chi connectivity index (χ4n) is 2.23. The predicted molar refractivity (Wildman–Crippen MR) is 76.3 cm³/mol. The molecule has 0 aliphatic heterocycles. The molecule has 2 rings (SSSR count). The third kappa shape index (κ3) is 2.64. The first-order chi connectivity index (χ1) is 9.46. The second-order valence-electron chi connectivity index (χ2n) is 5.40. The van der Waals surface area contributed by atoms with E-state index in [1.165, 1.54) is 12.1 Å². The monoisotopic (exact) mass is 274 g/mol. The molecule has 0 spiro atoms. The van der Waals surface area contributed by atoms with Crippen molar-refractivity contribution in [1.82, 2.24) is 9.78 Å². The topological polar surface area (TPSA) is 34.9 Å². The fraction of sp³-hybridized carbons (Fsp3) is 0.375. The average Bonchev–Trinajstić information content (AvgIpc) is 2.87. The van der Waals surface area contributed by atoms with Gasteiger partial charge in [0.25, 0.3) is 0 Å². The quantitative estimate of drug-likeness (QED) is 0.781. The highest BCUT2D eigenvalue weighted by atomic mass is 19.1. The molecule has 2 aromatic rings. The van der Waals surface area contributed by atoms with E-state index in [9.17, 15) is 9.18 Å². The van der Waals surface area contributed by atoms with E-state index in [1.54, 1.807) is 29.1 Å². The van der Waals surface area contributed by atoms with Gasteiger partial charge in [0.15, 0.2) is 5.78 Å². The zero-order chi connectivity index (χ0) is 14.8. The normalized spacial score (nSPS) is 11.6. The van der Waals surface area contributed by atoms with Crippen molar-refractivity contribution in [3.63, 3.8) is 0 Å². The van der Waals surface area contributed by atoms with Crippen LogP contribution in [-0.4, -0.2) is 15.6 Å². The third-order valence-corrected chi connectivity index (χ3v) is 3.52. The van der Waals surface area contributed by atoms with E-state index in [-0.39, 0.29) is 11.6 Å². The van der Waals surface area contributed by atoms with E-state index in [1.807, 2.05) is 20.8 Å². The fourth-order valence-corrected chi connectivity index (χ4v) is 2.23. The van der Waals surface area contributed by atoms with Gasteiger partial charge in [-0.1, -0.05) is 19.1 Å². The highest BCUT2D eigenvalue weighted by Gasteiger charge is 2.32. The highest BCUT2D eigenvalue weighted by molar-refractivity contribution is 6.02. The van der Waals surface area contributed by atoms with Gasteiger partial charge in [0, 0.05) is 12.7 Å². The molecule has 0 saturated carbocycles. The summed E-state index contributed by atoms with van der Waals surface area (Å²) in [5.41, 5.74) is 0.688. The zero-order valence-electron chi connectivity index (χ0n) is 12.1. The van der Waals surface area contributed by atoms with Gasteiger partial charge in [-0.3, -0.25) is 9.48 Å². The molecular formula is C16H19FN2O. The first-order valence-corrected chi connectivity index (χ1v) is 6.79. The average molecular weight is 274 g/mol. The van der Waals surface area contributed by atoms with Crippen LogP contribution in [0.15, 0.2) is 36.5 Å². The SMILES string of the molecule is CCCn1nccc1C(=O)C(C)(C)c1ccc(F)cc1. The third-order valence-electron chi connectivity index (χ3n) is 3.52. The molecule has 0 N–H and O–H groups in total. The van der Waals surface area contributed by atoms with E-state index in [0.717, 1.165) is 12.0 Å². The molecule has 3 nitrogen and oxygen atoms in total. The summed E-state index contributed by atoms with van der Waals surface area (Å²) >= 11 is 0. The second-order valence-corrected chi connectivity index (χ2v) is 5.40. The number of hydrogen-bond donors (Lipinski definition) is 0. The number of carbonyl (C=O) groups excluding carboxylic acids is 1. The van der Waals surface area contributed by atoms with Crippen LogP contribution in [-0.2, 0) is 12.0 Å². The van der Waals surface area contributed by atoms with Gasteiger partial charge in [-0.2, -0.15) is 5.10 Å². The number of hydrogen-bond acceptors (Lipinski definition) is 2. The molecule has 0 atom stereocenters. The Morgan fingerprint density at radius 1 is 1.25 bits per heavy atom. The molecule has 0 aliphatic rings. The summed E-state index contributed by atoms with van der Waals surface area (Å²) in [4.78, 5) is 12.8. The van der Waals surface area contributed by atoms with Crippen molar-refractivity contribution >= 4 is 5.78 Å². The molecule has 20 heavy (non-hydrogen) atoms. The van der Waals surface area contributed by atoms with Crippen LogP contribution in [0, 0.1) is 5.82 Å². The predicted octanol–water partition coefficient (Wildman–Crippen LogP) is 3.59. The van der Waals surface area contributed by atoms with Crippen molar-refractivity contribution in [2.75, 3.05) is 0 Å². The molecule has 4 heteroatoms. The van der Waals surface area contributed by atoms with Crippen molar-refractivity contribution in [2.45, 2.75) is 39.2 Å². The lowest BCUT2D eigenvalue weighted by molar-refractivity contribution is 0.0897. The van der Waals surface area contributed by atoms with Gasteiger partial charge in [0.05, 0.1) is 5.41 Å². The number of rotatable bonds is 5. The van der Waals surface area contributed by atoms with E-state index >= 15 is 0 Å². The highest BCUT2D eigenvalue weighted by Crippen LogP contribution is 2.27. The molecule has 0 unspecified atom stereocenters. The molecule has 1 heterocycles. The maximum atomic E-state index is 13.0. The second kappa shape index (κ2) is 5.57. The summed E-state index contributed by atoms with van der Waals surface area (Å²) in [6.45, 7) is 6.46. The molecule has 1 aromatic heterocycles. The molecular weight excluding hydrogens is 255 g/mol. The first kappa shape index (κ1) is 14.4. The Morgan fingerprint density at radius 2 is 1.90 bits per heavy atom. The zero-order valence-corrected chi connectivity index (χ0v) is 12.1. The van der Waals surface area contributed by atoms with Crippen LogP contribution < -0.4 is 0 Å². The summed E-state index contributed by atoms with van der Waals surface area (Å²) in [6.07, 6.45) is 2.56. The van der Waals surface area contributed by atoms with Crippen LogP contribution in [0.3, 0.4) is 0 Å². The standard InChI is InChI=1S/C16H19FN2O/c1-4-11-19-14(9-10-18-19)15(20)16(2,3)12-5-7-13(17)8-6-12/h5-10H,4,11H2,1-3H3. The number of aryl methyl sites for hydroxylation is 1. The lowest BCUT2D eigenvalue weighted by atomic mass is 9.79. The molecule has 0 amide bonds. The summed E-state index contributed by atoms with van der Waals surface area (Å²) in [6, 6.07) is 7.83. The molecule has 1 aromatic carbocycles. The van der Waals surface area contributed by atoms with Gasteiger partial charge in [-0.15, -0.1) is 0 Å². The van der Waals surface area contributed by atoms with Crippen molar-refractivity contribution < 1.29 is 9.18 Å². The first-order valence-electron chi connectivity index (χ1n) is 6.79. The minimum atomic E-state index is -0.709. The number of nitrogens with zero attached hydrogens (tertiary/aromatic N) is 2. The number of carbonyl (C=O) groups is 1. The summed E-state index contributed by atoms with van der Waals surface area (Å²) in [5, 5.41) is 4.18. The molecule has 0 fully saturated rings. The molecule has 0 saturated heterocycles. The number of aromatic nitrogens is 2. The van der Waals surface area contributed by atoms with Crippen LogP contribution in [0.1, 0.15) is 43.2 Å². The van der Waals surface area contributed by atoms with Crippen LogP contribution in [0.4, 0.5) is 4.39 Å². The Labute approximate surface area is 118 Å². The van der Waals surface area contributed by atoms with Crippen LogP contribution >= 0.6 is 0 Å². The number of benzene rings is 1. The van der Waals surface area contributed by atoms with E-state index < -0.39 is 5.41 Å². The lowest BCUT2D eigenvalue weighted by Gasteiger charge is -2.24. The summed E-state index contributed by atoms with van der Waals surface area (Å²) in [5.74, 6) is -0.303. The van der Waals surface area contributed by atoms with Gasteiger partial charge in [0.1, 0.15) is 11.5 Å². The maximum absolute atomic E-state index is 13.0. The number of ketones is 1. The molecule has 0 radical (unpaired) electrons. The molecule has 0 aliphatic carbocycles. The van der Waals surface area contributed by atoms with Gasteiger partial charge in [-0.25, -0.2) is 4.39 Å². The van der Waals surface area contributed by atoms with Crippen LogP contribution in [0.5, 0.6) is 0 Å². The van der Waals surface area contributed by atoms with Crippen molar-refractivity contribution in [2.24, 2.45) is 0 Å². The Kier molecular flexibility index (Phi) is 4.02. The van der Waals surface area contributed by atoms with E-state index in [0.29, 0.717) is 12.2 Å². The van der Waals surface area contributed by atoms with Crippen molar-refractivity contribution in [3.05, 3.63) is 53.6 Å². The minimum Gasteiger partial charge on any atom is -0.291 e. The van der Waals surface area contributed by atoms with Crippen LogP contribution in [0.25, 0.3) is 0 Å². The smallest absolute Gasteiger partial charge is 0.190 e. The van der Waals surface area contributed by atoms with Crippen molar-refractivity contribution in [1.29, 1.82) is 0 Å². The maximum Gasteiger partial charge on any atom is 0.190 e. The van der Waals surface area contributed by atoms with Gasteiger partial charge < -0.3 is 0 Å². The van der Waals surface area contributed by atoms with E-state index in [4.69, 9.17) is 0 Å². The number of halogens is 1. The summed E-state index contributed by atoms with van der Waals surface area (Å²) in [7, 11) is 0. The molecule has 0 bridgehead atoms.